The Labute approximate surface area is 134 Å². The smallest absolute Gasteiger partial charge is 0.406 e. The predicted octanol–water partition coefficient (Wildman–Crippen LogP) is 3.57. The minimum Gasteiger partial charge on any atom is -0.406 e. The Morgan fingerprint density at radius 3 is 2.46 bits per heavy atom. The fraction of sp³-hybridized carbons (Fsp3) is 0.267. The largest absolute Gasteiger partial charge is 0.573 e. The number of hydrogen-bond donors (Lipinski definition) is 1. The molecule has 1 aliphatic rings. The highest BCUT2D eigenvalue weighted by Crippen LogP contribution is 2.39. The van der Waals surface area contributed by atoms with E-state index in [1.165, 1.54) is 12.1 Å². The minimum absolute atomic E-state index is 0.257. The topological polar surface area (TPSA) is 68.6 Å². The number of imidazole rings is 1. The molecule has 0 saturated heterocycles. The number of ether oxygens (including phenoxy) is 1. The third-order valence-corrected chi connectivity index (χ3v) is 3.70. The zero-order chi connectivity index (χ0) is 16.7. The molecule has 3 aromatic rings. The summed E-state index contributed by atoms with van der Waals surface area (Å²) in [6.45, 7) is 0. The normalized spacial score (nSPS) is 14.8. The zero-order valence-electron chi connectivity index (χ0n) is 12.3. The summed E-state index contributed by atoms with van der Waals surface area (Å²) in [5.41, 5.74) is 2.00. The highest BCUT2D eigenvalue weighted by molar-refractivity contribution is 5.63. The van der Waals surface area contributed by atoms with Crippen molar-refractivity contribution < 1.29 is 17.9 Å². The van der Waals surface area contributed by atoms with E-state index in [9.17, 15) is 13.2 Å². The van der Waals surface area contributed by atoms with E-state index in [0.29, 0.717) is 28.8 Å². The van der Waals surface area contributed by atoms with Crippen molar-refractivity contribution in [1.29, 1.82) is 0 Å². The third-order valence-electron chi connectivity index (χ3n) is 3.70. The van der Waals surface area contributed by atoms with Crippen LogP contribution < -0.4 is 4.74 Å². The SMILES string of the molecule is FC(F)(F)Oc1ccc(-c2nc(-c3cn[nH]n3)cn2C2CC2)cc1. The molecule has 1 fully saturated rings. The maximum atomic E-state index is 12.2. The van der Waals surface area contributed by atoms with Gasteiger partial charge in [0.15, 0.2) is 0 Å². The summed E-state index contributed by atoms with van der Waals surface area (Å²) in [5.74, 6) is 0.432. The first-order chi connectivity index (χ1) is 11.5. The number of halogens is 3. The van der Waals surface area contributed by atoms with E-state index in [1.807, 2.05) is 10.8 Å². The first-order valence-corrected chi connectivity index (χ1v) is 7.31. The van der Waals surface area contributed by atoms with E-state index in [1.54, 1.807) is 18.3 Å². The molecule has 4 rings (SSSR count). The van der Waals surface area contributed by atoms with Crippen molar-refractivity contribution in [3.63, 3.8) is 0 Å². The third kappa shape index (κ3) is 2.97. The van der Waals surface area contributed by atoms with Crippen LogP contribution in [-0.4, -0.2) is 31.3 Å². The molecule has 1 aromatic carbocycles. The van der Waals surface area contributed by atoms with Crippen LogP contribution >= 0.6 is 0 Å². The van der Waals surface area contributed by atoms with Crippen LogP contribution in [-0.2, 0) is 0 Å². The standard InChI is InChI=1S/C15H12F3N5O/c16-15(17,18)24-11-5-1-9(2-6-11)14-20-13(12-7-19-22-21-12)8-23(14)10-3-4-10/h1-2,5-8,10H,3-4H2,(H,19,21,22). The van der Waals surface area contributed by atoms with Crippen LogP contribution in [0.5, 0.6) is 5.75 Å². The molecular formula is C15H12F3N5O. The molecule has 0 bridgehead atoms. The lowest BCUT2D eigenvalue weighted by molar-refractivity contribution is -0.274. The fourth-order valence-electron chi connectivity index (χ4n) is 2.49. The number of aromatic nitrogens is 5. The Kier molecular flexibility index (Phi) is 3.29. The van der Waals surface area contributed by atoms with Gasteiger partial charge in [-0.25, -0.2) is 4.98 Å². The van der Waals surface area contributed by atoms with Crippen molar-refractivity contribution in [2.24, 2.45) is 0 Å². The lowest BCUT2D eigenvalue weighted by Crippen LogP contribution is -2.16. The molecule has 6 nitrogen and oxygen atoms in total. The van der Waals surface area contributed by atoms with E-state index >= 15 is 0 Å². The molecule has 2 aromatic heterocycles. The van der Waals surface area contributed by atoms with Crippen molar-refractivity contribution in [3.8, 4) is 28.5 Å². The maximum Gasteiger partial charge on any atom is 0.573 e. The van der Waals surface area contributed by atoms with Gasteiger partial charge in [-0.05, 0) is 37.1 Å². The highest BCUT2D eigenvalue weighted by Gasteiger charge is 2.31. The Balaban J connectivity index is 1.68. The van der Waals surface area contributed by atoms with Gasteiger partial charge in [0.25, 0.3) is 0 Å². The van der Waals surface area contributed by atoms with Crippen molar-refractivity contribution in [2.75, 3.05) is 0 Å². The summed E-state index contributed by atoms with van der Waals surface area (Å²) >= 11 is 0. The average molecular weight is 335 g/mol. The second-order valence-electron chi connectivity index (χ2n) is 5.52. The number of nitrogens with zero attached hydrogens (tertiary/aromatic N) is 4. The summed E-state index contributed by atoms with van der Waals surface area (Å²) in [6, 6.07) is 6.05. The molecule has 0 unspecified atom stereocenters. The van der Waals surface area contributed by atoms with E-state index in [0.717, 1.165) is 12.8 Å². The molecular weight excluding hydrogens is 323 g/mol. The second-order valence-corrected chi connectivity index (χ2v) is 5.52. The summed E-state index contributed by atoms with van der Waals surface area (Å²) in [7, 11) is 0. The van der Waals surface area contributed by atoms with E-state index in [-0.39, 0.29) is 5.75 Å². The van der Waals surface area contributed by atoms with Gasteiger partial charge < -0.3 is 9.30 Å². The number of benzene rings is 1. The van der Waals surface area contributed by atoms with E-state index in [2.05, 4.69) is 25.1 Å². The number of nitrogens with one attached hydrogen (secondary N) is 1. The highest BCUT2D eigenvalue weighted by atomic mass is 19.4. The summed E-state index contributed by atoms with van der Waals surface area (Å²) in [5, 5.41) is 10.3. The summed E-state index contributed by atoms with van der Waals surface area (Å²) in [4.78, 5) is 4.57. The van der Waals surface area contributed by atoms with Gasteiger partial charge in [0, 0.05) is 17.8 Å². The number of alkyl halides is 3. The lowest BCUT2D eigenvalue weighted by Gasteiger charge is -2.10. The van der Waals surface area contributed by atoms with Crippen LogP contribution in [0.15, 0.2) is 36.7 Å². The van der Waals surface area contributed by atoms with Gasteiger partial charge in [0.2, 0.25) is 0 Å². The van der Waals surface area contributed by atoms with Crippen molar-refractivity contribution in [1.82, 2.24) is 25.0 Å². The molecule has 1 N–H and O–H groups in total. The Morgan fingerprint density at radius 2 is 1.88 bits per heavy atom. The molecule has 1 saturated carbocycles. The Hall–Kier alpha value is -2.84. The van der Waals surface area contributed by atoms with E-state index in [4.69, 9.17) is 0 Å². The number of H-pyrrole nitrogens is 1. The molecule has 0 radical (unpaired) electrons. The van der Waals surface area contributed by atoms with Gasteiger partial charge in [-0.1, -0.05) is 0 Å². The van der Waals surface area contributed by atoms with Crippen molar-refractivity contribution in [3.05, 3.63) is 36.7 Å². The van der Waals surface area contributed by atoms with Gasteiger partial charge in [-0.3, -0.25) is 0 Å². The quantitative estimate of drug-likeness (QED) is 0.791. The number of rotatable bonds is 4. The van der Waals surface area contributed by atoms with Crippen LogP contribution in [0.3, 0.4) is 0 Å². The molecule has 0 aliphatic heterocycles. The molecule has 1 aliphatic carbocycles. The number of aromatic amines is 1. The first kappa shape index (κ1) is 14.7. The van der Waals surface area contributed by atoms with Crippen molar-refractivity contribution >= 4 is 0 Å². The molecule has 124 valence electrons. The fourth-order valence-corrected chi connectivity index (χ4v) is 2.49. The van der Waals surface area contributed by atoms with Crippen LogP contribution in [0.4, 0.5) is 13.2 Å². The molecule has 0 spiro atoms. The van der Waals surface area contributed by atoms with Crippen LogP contribution in [0, 0.1) is 0 Å². The van der Waals surface area contributed by atoms with Gasteiger partial charge in [-0.15, -0.1) is 13.2 Å². The summed E-state index contributed by atoms with van der Waals surface area (Å²) < 4.78 is 42.7. The average Bonchev–Trinajstić information content (AvgIpc) is 3.06. The van der Waals surface area contributed by atoms with Gasteiger partial charge in [-0.2, -0.15) is 15.4 Å². The zero-order valence-corrected chi connectivity index (χ0v) is 12.3. The molecule has 9 heteroatoms. The first-order valence-electron chi connectivity index (χ1n) is 7.31. The van der Waals surface area contributed by atoms with Crippen LogP contribution in [0.25, 0.3) is 22.8 Å². The summed E-state index contributed by atoms with van der Waals surface area (Å²) in [6.07, 6.45) is 0.872. The van der Waals surface area contributed by atoms with Crippen LogP contribution in [0.1, 0.15) is 18.9 Å². The van der Waals surface area contributed by atoms with Gasteiger partial charge in [0.1, 0.15) is 23.0 Å². The van der Waals surface area contributed by atoms with Crippen molar-refractivity contribution in [2.45, 2.75) is 25.2 Å². The van der Waals surface area contributed by atoms with E-state index < -0.39 is 6.36 Å². The van der Waals surface area contributed by atoms with Gasteiger partial charge in [0.05, 0.1) is 6.20 Å². The lowest BCUT2D eigenvalue weighted by atomic mass is 10.2. The molecule has 24 heavy (non-hydrogen) atoms. The maximum absolute atomic E-state index is 12.2. The molecule has 2 heterocycles. The predicted molar refractivity (Wildman–Crippen MR) is 78.0 cm³/mol. The molecule has 0 amide bonds. The minimum atomic E-state index is -4.70. The van der Waals surface area contributed by atoms with Gasteiger partial charge >= 0.3 is 6.36 Å². The number of hydrogen-bond acceptors (Lipinski definition) is 4. The van der Waals surface area contributed by atoms with Crippen LogP contribution in [0.2, 0.25) is 0 Å². The Morgan fingerprint density at radius 1 is 1.12 bits per heavy atom. The molecule has 0 atom stereocenters. The monoisotopic (exact) mass is 335 g/mol. The Bertz CT molecular complexity index is 835. The second kappa shape index (κ2) is 5.36.